The van der Waals surface area contributed by atoms with Crippen LogP contribution in [0.4, 0.5) is 0 Å². The van der Waals surface area contributed by atoms with E-state index >= 15 is 0 Å². The lowest BCUT2D eigenvalue weighted by Crippen LogP contribution is -2.16. The van der Waals surface area contributed by atoms with Crippen LogP contribution in [0.25, 0.3) is 0 Å². The van der Waals surface area contributed by atoms with Gasteiger partial charge in [-0.3, -0.25) is 4.79 Å². The molecule has 3 nitrogen and oxygen atoms in total. The summed E-state index contributed by atoms with van der Waals surface area (Å²) in [7, 11) is 5.26. The van der Waals surface area contributed by atoms with Gasteiger partial charge in [0.25, 0.3) is 0 Å². The van der Waals surface area contributed by atoms with Gasteiger partial charge in [-0.05, 0) is 19.7 Å². The van der Waals surface area contributed by atoms with Gasteiger partial charge in [0, 0.05) is 20.8 Å². The third-order valence-corrected chi connectivity index (χ3v) is 1.17. The van der Waals surface area contributed by atoms with Crippen LogP contribution in [-0.2, 0) is 9.53 Å². The summed E-state index contributed by atoms with van der Waals surface area (Å²) in [6.07, 6.45) is 4.16. The molecule has 14 heavy (non-hydrogen) atoms. The molecule has 0 fully saturated rings. The van der Waals surface area contributed by atoms with E-state index in [4.69, 9.17) is 0 Å². The van der Waals surface area contributed by atoms with E-state index in [1.165, 1.54) is 6.08 Å². The highest BCUT2D eigenvalue weighted by atomic mass is 16.4. The highest BCUT2D eigenvalue weighted by molar-refractivity contribution is 5.64. The Morgan fingerprint density at radius 1 is 1.29 bits per heavy atom. The van der Waals surface area contributed by atoms with Gasteiger partial charge in [-0.25, -0.2) is 0 Å². The lowest BCUT2D eigenvalue weighted by atomic mass is 10.5. The minimum atomic E-state index is 0.795. The van der Waals surface area contributed by atoms with E-state index in [9.17, 15) is 4.79 Å². The highest BCUT2D eigenvalue weighted by Gasteiger charge is 1.85. The molecule has 0 heterocycles. The zero-order chi connectivity index (χ0) is 11.8. The number of ether oxygens (including phenoxy) is 1. The fraction of sp³-hybridized carbons (Fsp3) is 0.727. The second-order valence-corrected chi connectivity index (χ2v) is 2.33. The molecule has 3 heteroatoms. The molecule has 0 aliphatic rings. The summed E-state index contributed by atoms with van der Waals surface area (Å²) in [6, 6.07) is 0. The first-order chi connectivity index (χ1) is 6.72. The Bertz CT molecular complexity index is 114. The van der Waals surface area contributed by atoms with Gasteiger partial charge in [0.15, 0.2) is 0 Å². The molecule has 0 aliphatic carbocycles. The van der Waals surface area contributed by atoms with Gasteiger partial charge >= 0.3 is 0 Å². The lowest BCUT2D eigenvalue weighted by molar-refractivity contribution is -0.104. The molecule has 0 radical (unpaired) electrons. The van der Waals surface area contributed by atoms with Crippen LogP contribution in [0.2, 0.25) is 0 Å². The van der Waals surface area contributed by atoms with Crippen LogP contribution in [0.1, 0.15) is 20.8 Å². The molecule has 0 unspecified atom stereocenters. The predicted molar refractivity (Wildman–Crippen MR) is 62.7 cm³/mol. The van der Waals surface area contributed by atoms with Gasteiger partial charge in [0.05, 0.1) is 0 Å². The normalized spacial score (nSPS) is 8.79. The average Bonchev–Trinajstić information content (AvgIpc) is 2.22. The quantitative estimate of drug-likeness (QED) is 0.517. The van der Waals surface area contributed by atoms with E-state index in [-0.39, 0.29) is 0 Å². The number of methoxy groups -OCH3 is 1. The Morgan fingerprint density at radius 3 is 2.00 bits per heavy atom. The van der Waals surface area contributed by atoms with Crippen molar-refractivity contribution in [1.82, 2.24) is 4.90 Å². The number of aldehydes is 1. The zero-order valence-corrected chi connectivity index (χ0v) is 10.4. The van der Waals surface area contributed by atoms with Gasteiger partial charge in [0.1, 0.15) is 6.29 Å². The van der Waals surface area contributed by atoms with Gasteiger partial charge < -0.3 is 9.64 Å². The van der Waals surface area contributed by atoms with Crippen molar-refractivity contribution in [2.75, 3.05) is 34.4 Å². The molecule has 0 bridgehead atoms. The van der Waals surface area contributed by atoms with Crippen molar-refractivity contribution in [2.24, 2.45) is 0 Å². The van der Waals surface area contributed by atoms with Crippen LogP contribution in [0.15, 0.2) is 12.2 Å². The number of carbonyl (C=O) groups excluding carboxylic acids is 1. The molecule has 0 amide bonds. The van der Waals surface area contributed by atoms with E-state index in [1.54, 1.807) is 14.2 Å². The topological polar surface area (TPSA) is 29.5 Å². The zero-order valence-electron chi connectivity index (χ0n) is 10.4. The van der Waals surface area contributed by atoms with Crippen LogP contribution in [-0.4, -0.2) is 45.5 Å². The van der Waals surface area contributed by atoms with Gasteiger partial charge in [-0.1, -0.05) is 26.8 Å². The maximum Gasteiger partial charge on any atom is 0.142 e. The minimum absolute atomic E-state index is 0.795. The Morgan fingerprint density at radius 2 is 1.71 bits per heavy atom. The first kappa shape index (κ1) is 19.0. The molecule has 0 N–H and O–H groups in total. The van der Waals surface area contributed by atoms with E-state index < -0.39 is 0 Å². The molecule has 0 saturated heterocycles. The summed E-state index contributed by atoms with van der Waals surface area (Å²) in [5.74, 6) is 0. The summed E-state index contributed by atoms with van der Waals surface area (Å²) in [4.78, 5) is 11.9. The van der Waals surface area contributed by atoms with Gasteiger partial charge in [-0.2, -0.15) is 0 Å². The number of nitrogens with zero attached hydrogens (tertiary/aromatic N) is 1. The molecule has 0 aromatic heterocycles. The van der Waals surface area contributed by atoms with Crippen molar-refractivity contribution in [3.05, 3.63) is 12.2 Å². The number of hydrogen-bond donors (Lipinski definition) is 0. The number of carbonyl (C=O) groups is 1. The van der Waals surface area contributed by atoms with Crippen LogP contribution in [0.5, 0.6) is 0 Å². The van der Waals surface area contributed by atoms with E-state index in [1.807, 2.05) is 27.0 Å². The first-order valence-electron chi connectivity index (χ1n) is 4.91. The maximum absolute atomic E-state index is 9.77. The molecule has 0 aromatic carbocycles. The van der Waals surface area contributed by atoms with Crippen molar-refractivity contribution in [2.45, 2.75) is 20.8 Å². The van der Waals surface area contributed by atoms with Crippen molar-refractivity contribution >= 4 is 6.29 Å². The second kappa shape index (κ2) is 22.8. The standard InChI is InChI=1S/C7H13NO.C2H6O.C2H6/c1-3-8(2)6-4-5-7-9;1-3-2;1-2/h4-5,7H,3,6H2,1-2H3;1-2H3;1-2H3/b5-4+;;. The molecule has 0 saturated carbocycles. The Balaban J connectivity index is -0.000000205. The molecule has 0 aromatic rings. The number of hydrogen-bond acceptors (Lipinski definition) is 3. The molecule has 0 atom stereocenters. The summed E-state index contributed by atoms with van der Waals surface area (Å²) in [5.41, 5.74) is 0. The lowest BCUT2D eigenvalue weighted by Gasteiger charge is -2.08. The largest absolute Gasteiger partial charge is 0.388 e. The van der Waals surface area contributed by atoms with E-state index in [0.29, 0.717) is 0 Å². The Labute approximate surface area is 88.7 Å². The number of rotatable bonds is 4. The smallest absolute Gasteiger partial charge is 0.142 e. The van der Waals surface area contributed by atoms with Gasteiger partial charge in [-0.15, -0.1) is 0 Å². The summed E-state index contributed by atoms with van der Waals surface area (Å²) >= 11 is 0. The van der Waals surface area contributed by atoms with Crippen molar-refractivity contribution < 1.29 is 9.53 Å². The predicted octanol–water partition coefficient (Wildman–Crippen LogP) is 1.98. The summed E-state index contributed by atoms with van der Waals surface area (Å²) in [5, 5.41) is 0. The van der Waals surface area contributed by atoms with Crippen molar-refractivity contribution in [3.63, 3.8) is 0 Å². The third kappa shape index (κ3) is 30.2. The van der Waals surface area contributed by atoms with E-state index in [0.717, 1.165) is 19.4 Å². The second-order valence-electron chi connectivity index (χ2n) is 2.33. The summed E-state index contributed by atoms with van der Waals surface area (Å²) in [6.45, 7) is 7.95. The van der Waals surface area contributed by atoms with E-state index in [2.05, 4.69) is 16.6 Å². The van der Waals surface area contributed by atoms with Crippen LogP contribution in [0, 0.1) is 0 Å². The van der Waals surface area contributed by atoms with Crippen molar-refractivity contribution in [3.8, 4) is 0 Å². The molecule has 0 rings (SSSR count). The van der Waals surface area contributed by atoms with Crippen LogP contribution >= 0.6 is 0 Å². The van der Waals surface area contributed by atoms with Crippen molar-refractivity contribution in [1.29, 1.82) is 0 Å². The van der Waals surface area contributed by atoms with Crippen LogP contribution < -0.4 is 0 Å². The SMILES string of the molecule is CC.CCN(C)C/C=C/C=O.COC. The Hall–Kier alpha value is -0.670. The first-order valence-corrected chi connectivity index (χ1v) is 4.91. The number of allylic oxidation sites excluding steroid dienone is 1. The molecule has 0 spiro atoms. The van der Waals surface area contributed by atoms with Crippen LogP contribution in [0.3, 0.4) is 0 Å². The minimum Gasteiger partial charge on any atom is -0.388 e. The maximum atomic E-state index is 9.77. The fourth-order valence-electron chi connectivity index (χ4n) is 0.425. The summed E-state index contributed by atoms with van der Waals surface area (Å²) < 4.78 is 4.25. The number of likely N-dealkylation sites (N-methyl/N-ethyl adjacent to an activating group) is 1. The molecule has 0 aliphatic heterocycles. The average molecular weight is 203 g/mol. The monoisotopic (exact) mass is 203 g/mol. The molecule has 86 valence electrons. The molecular weight excluding hydrogens is 178 g/mol. The Kier molecular flexibility index (Phi) is 30.9. The molecular formula is C11H25NO2. The highest BCUT2D eigenvalue weighted by Crippen LogP contribution is 1.79. The van der Waals surface area contributed by atoms with Gasteiger partial charge in [0.2, 0.25) is 0 Å². The third-order valence-electron chi connectivity index (χ3n) is 1.17. The fourth-order valence-corrected chi connectivity index (χ4v) is 0.425.